The molecule has 1 aromatic carbocycles. The van der Waals surface area contributed by atoms with Crippen LogP contribution in [0.25, 0.3) is 11.3 Å². The lowest BCUT2D eigenvalue weighted by Crippen LogP contribution is -1.99. The van der Waals surface area contributed by atoms with Crippen molar-refractivity contribution < 1.29 is 13.2 Å². The first-order chi connectivity index (χ1) is 8.97. The minimum Gasteiger partial charge on any atom is -0.384 e. The Labute approximate surface area is 108 Å². The molecule has 0 spiro atoms. The first kappa shape index (κ1) is 13.5. The number of hydrogen-bond acceptors (Lipinski definition) is 2. The normalized spacial score (nSPS) is 11.0. The molecule has 19 heavy (non-hydrogen) atoms. The van der Waals surface area contributed by atoms with Gasteiger partial charge in [-0.3, -0.25) is 4.68 Å². The van der Waals surface area contributed by atoms with E-state index in [2.05, 4.69) is 5.10 Å². The van der Waals surface area contributed by atoms with Gasteiger partial charge in [-0.15, -0.1) is 0 Å². The summed E-state index contributed by atoms with van der Waals surface area (Å²) in [5.41, 5.74) is 6.69. The quantitative estimate of drug-likeness (QED) is 0.870. The van der Waals surface area contributed by atoms with Crippen molar-refractivity contribution in [1.29, 1.82) is 0 Å². The first-order valence-electron chi connectivity index (χ1n) is 5.92. The van der Waals surface area contributed by atoms with Gasteiger partial charge in [0.25, 0.3) is 0 Å². The van der Waals surface area contributed by atoms with Gasteiger partial charge in [0.05, 0.1) is 0 Å². The third-order valence-corrected chi connectivity index (χ3v) is 2.98. The summed E-state index contributed by atoms with van der Waals surface area (Å²) in [5, 5.41) is 4.09. The van der Waals surface area contributed by atoms with Gasteiger partial charge in [-0.05, 0) is 18.6 Å². The monoisotopic (exact) mass is 269 g/mol. The Morgan fingerprint density at radius 2 is 1.89 bits per heavy atom. The Balaban J connectivity index is 2.65. The summed E-state index contributed by atoms with van der Waals surface area (Å²) in [6, 6.07) is 2.06. The average molecular weight is 269 g/mol. The molecular weight excluding hydrogens is 255 g/mol. The number of aromatic nitrogens is 2. The van der Waals surface area contributed by atoms with Crippen molar-refractivity contribution in [3.63, 3.8) is 0 Å². The van der Waals surface area contributed by atoms with Crippen molar-refractivity contribution in [3.05, 3.63) is 35.1 Å². The van der Waals surface area contributed by atoms with E-state index in [1.54, 1.807) is 7.05 Å². The van der Waals surface area contributed by atoms with Gasteiger partial charge in [0.1, 0.15) is 11.5 Å². The Morgan fingerprint density at radius 1 is 1.21 bits per heavy atom. The highest BCUT2D eigenvalue weighted by Gasteiger charge is 2.21. The predicted octanol–water partition coefficient (Wildman–Crippen LogP) is 3.04. The number of rotatable bonds is 3. The van der Waals surface area contributed by atoms with Crippen LogP contribution in [0.2, 0.25) is 0 Å². The minimum absolute atomic E-state index is 0.0744. The molecule has 0 aliphatic carbocycles. The Kier molecular flexibility index (Phi) is 3.50. The zero-order chi connectivity index (χ0) is 14.2. The molecule has 102 valence electrons. The number of anilines is 1. The molecule has 0 saturated heterocycles. The van der Waals surface area contributed by atoms with Gasteiger partial charge >= 0.3 is 0 Å². The SMILES string of the molecule is CCCc1c(-c2ccc(F)c(F)c2F)nn(C)c1N. The van der Waals surface area contributed by atoms with E-state index in [-0.39, 0.29) is 11.3 Å². The molecule has 0 bridgehead atoms. The summed E-state index contributed by atoms with van der Waals surface area (Å²) in [7, 11) is 1.62. The van der Waals surface area contributed by atoms with Crippen LogP contribution in [-0.2, 0) is 13.5 Å². The fourth-order valence-electron chi connectivity index (χ4n) is 2.00. The highest BCUT2D eigenvalue weighted by molar-refractivity contribution is 5.69. The Morgan fingerprint density at radius 3 is 2.53 bits per heavy atom. The van der Waals surface area contributed by atoms with Gasteiger partial charge in [-0.25, -0.2) is 13.2 Å². The molecule has 0 unspecified atom stereocenters. The van der Waals surface area contributed by atoms with E-state index < -0.39 is 17.5 Å². The first-order valence-corrected chi connectivity index (χ1v) is 5.92. The van der Waals surface area contributed by atoms with Crippen LogP contribution in [0.3, 0.4) is 0 Å². The fraction of sp³-hybridized carbons (Fsp3) is 0.308. The van der Waals surface area contributed by atoms with Crippen molar-refractivity contribution in [2.75, 3.05) is 5.73 Å². The van der Waals surface area contributed by atoms with Gasteiger partial charge in [-0.1, -0.05) is 13.3 Å². The van der Waals surface area contributed by atoms with E-state index in [1.807, 2.05) is 6.92 Å². The van der Waals surface area contributed by atoms with Crippen LogP contribution < -0.4 is 5.73 Å². The van der Waals surface area contributed by atoms with Crippen LogP contribution in [0.5, 0.6) is 0 Å². The molecule has 0 amide bonds. The number of nitrogen functional groups attached to an aromatic ring is 1. The second kappa shape index (κ2) is 4.95. The lowest BCUT2D eigenvalue weighted by Gasteiger charge is -2.05. The fourth-order valence-corrected chi connectivity index (χ4v) is 2.00. The molecule has 1 heterocycles. The maximum atomic E-state index is 13.8. The van der Waals surface area contributed by atoms with Crippen molar-refractivity contribution in [2.45, 2.75) is 19.8 Å². The zero-order valence-corrected chi connectivity index (χ0v) is 10.7. The summed E-state index contributed by atoms with van der Waals surface area (Å²) in [4.78, 5) is 0. The summed E-state index contributed by atoms with van der Waals surface area (Å²) in [6.07, 6.45) is 1.38. The van der Waals surface area contributed by atoms with Crippen LogP contribution in [0, 0.1) is 17.5 Å². The zero-order valence-electron chi connectivity index (χ0n) is 10.7. The summed E-state index contributed by atoms with van der Waals surface area (Å²) >= 11 is 0. The van der Waals surface area contributed by atoms with Crippen LogP contribution in [-0.4, -0.2) is 9.78 Å². The molecule has 2 aromatic rings. The van der Waals surface area contributed by atoms with E-state index in [9.17, 15) is 13.2 Å². The summed E-state index contributed by atoms with van der Waals surface area (Å²) < 4.78 is 41.4. The molecule has 2 N–H and O–H groups in total. The van der Waals surface area contributed by atoms with Crippen LogP contribution in [0.4, 0.5) is 19.0 Å². The van der Waals surface area contributed by atoms with Crippen LogP contribution in [0.1, 0.15) is 18.9 Å². The molecule has 3 nitrogen and oxygen atoms in total. The van der Waals surface area contributed by atoms with E-state index in [4.69, 9.17) is 5.73 Å². The Bertz CT molecular complexity index is 620. The molecule has 0 aliphatic heterocycles. The third-order valence-electron chi connectivity index (χ3n) is 2.98. The second-order valence-corrected chi connectivity index (χ2v) is 4.31. The molecule has 6 heteroatoms. The van der Waals surface area contributed by atoms with Gasteiger partial charge < -0.3 is 5.73 Å². The number of hydrogen-bond donors (Lipinski definition) is 1. The molecule has 2 rings (SSSR count). The maximum Gasteiger partial charge on any atom is 0.195 e. The topological polar surface area (TPSA) is 43.8 Å². The molecule has 1 aromatic heterocycles. The molecule has 0 aliphatic rings. The largest absolute Gasteiger partial charge is 0.384 e. The lowest BCUT2D eigenvalue weighted by atomic mass is 10.0. The van der Waals surface area contributed by atoms with Crippen molar-refractivity contribution in [1.82, 2.24) is 9.78 Å². The van der Waals surface area contributed by atoms with Crippen molar-refractivity contribution in [3.8, 4) is 11.3 Å². The van der Waals surface area contributed by atoms with E-state index >= 15 is 0 Å². The number of nitrogens with two attached hydrogens (primary N) is 1. The number of aryl methyl sites for hydroxylation is 1. The smallest absolute Gasteiger partial charge is 0.195 e. The average Bonchev–Trinajstić information content (AvgIpc) is 2.65. The molecule has 0 fully saturated rings. The van der Waals surface area contributed by atoms with Crippen molar-refractivity contribution in [2.24, 2.45) is 7.05 Å². The van der Waals surface area contributed by atoms with Gasteiger partial charge in [0.15, 0.2) is 17.5 Å². The molecule has 0 atom stereocenters. The summed E-state index contributed by atoms with van der Waals surface area (Å²) in [6.45, 7) is 1.94. The molecular formula is C13H14F3N3. The van der Waals surface area contributed by atoms with Gasteiger partial charge in [0.2, 0.25) is 0 Å². The van der Waals surface area contributed by atoms with Gasteiger partial charge in [0, 0.05) is 18.2 Å². The predicted molar refractivity (Wildman–Crippen MR) is 66.9 cm³/mol. The van der Waals surface area contributed by atoms with E-state index in [0.29, 0.717) is 17.8 Å². The van der Waals surface area contributed by atoms with Crippen LogP contribution >= 0.6 is 0 Å². The Hall–Kier alpha value is -1.98. The summed E-state index contributed by atoms with van der Waals surface area (Å²) in [5.74, 6) is -3.55. The molecule has 0 saturated carbocycles. The van der Waals surface area contributed by atoms with E-state index in [1.165, 1.54) is 10.7 Å². The highest BCUT2D eigenvalue weighted by atomic mass is 19.2. The number of halogens is 3. The van der Waals surface area contributed by atoms with Gasteiger partial charge in [-0.2, -0.15) is 5.10 Å². The maximum absolute atomic E-state index is 13.8. The van der Waals surface area contributed by atoms with Crippen LogP contribution in [0.15, 0.2) is 12.1 Å². The standard InChI is InChI=1S/C13H14F3N3/c1-3-4-8-12(18-19(2)13(8)17)7-5-6-9(14)11(16)10(7)15/h5-6H,3-4,17H2,1-2H3. The number of benzene rings is 1. The molecule has 0 radical (unpaired) electrons. The third kappa shape index (κ3) is 2.18. The minimum atomic E-state index is -1.50. The lowest BCUT2D eigenvalue weighted by molar-refractivity contribution is 0.448. The van der Waals surface area contributed by atoms with Crippen molar-refractivity contribution >= 4 is 5.82 Å². The van der Waals surface area contributed by atoms with E-state index in [0.717, 1.165) is 12.5 Å². The second-order valence-electron chi connectivity index (χ2n) is 4.31. The number of nitrogens with zero attached hydrogens (tertiary/aromatic N) is 2. The highest BCUT2D eigenvalue weighted by Crippen LogP contribution is 2.31.